The quantitative estimate of drug-likeness (QED) is 0.803. The highest BCUT2D eigenvalue weighted by atomic mass is 35.5. The largest absolute Gasteiger partial charge is 0.489 e. The summed E-state index contributed by atoms with van der Waals surface area (Å²) in [7, 11) is 0. The zero-order valence-electron chi connectivity index (χ0n) is 13.5. The number of benzene rings is 2. The number of carbonyl (C=O) groups is 1. The van der Waals surface area contributed by atoms with E-state index in [0.29, 0.717) is 19.6 Å². The van der Waals surface area contributed by atoms with E-state index in [1.165, 1.54) is 12.1 Å². The van der Waals surface area contributed by atoms with Crippen molar-refractivity contribution in [2.75, 3.05) is 6.54 Å². The molecule has 2 aromatic carbocycles. The van der Waals surface area contributed by atoms with Crippen molar-refractivity contribution in [3.8, 4) is 5.75 Å². The summed E-state index contributed by atoms with van der Waals surface area (Å²) in [4.78, 5) is 11.5. The van der Waals surface area contributed by atoms with Crippen LogP contribution in [0.1, 0.15) is 30.5 Å². The van der Waals surface area contributed by atoms with Crippen LogP contribution < -0.4 is 15.8 Å². The van der Waals surface area contributed by atoms with E-state index in [1.54, 1.807) is 12.1 Å². The van der Waals surface area contributed by atoms with Gasteiger partial charge in [-0.2, -0.15) is 0 Å². The first-order chi connectivity index (χ1) is 11.1. The van der Waals surface area contributed by atoms with Crippen LogP contribution in [0.4, 0.5) is 4.39 Å². The lowest BCUT2D eigenvalue weighted by Gasteiger charge is -2.15. The Morgan fingerprint density at radius 1 is 1.17 bits per heavy atom. The molecule has 1 amide bonds. The summed E-state index contributed by atoms with van der Waals surface area (Å²) in [5, 5.41) is 2.88. The Bertz CT molecular complexity index is 632. The molecule has 1 atom stereocenters. The predicted octanol–water partition coefficient (Wildman–Crippen LogP) is 3.35. The molecule has 3 N–H and O–H groups in total. The fourth-order valence-electron chi connectivity index (χ4n) is 2.13. The molecule has 0 spiro atoms. The van der Waals surface area contributed by atoms with Gasteiger partial charge < -0.3 is 15.8 Å². The van der Waals surface area contributed by atoms with Crippen LogP contribution in [-0.4, -0.2) is 12.5 Å². The van der Waals surface area contributed by atoms with Crippen LogP contribution in [0.2, 0.25) is 0 Å². The van der Waals surface area contributed by atoms with Crippen LogP contribution in [0.5, 0.6) is 5.75 Å². The normalized spacial score (nSPS) is 11.3. The first-order valence-corrected chi connectivity index (χ1v) is 7.55. The Morgan fingerprint density at radius 2 is 1.79 bits per heavy atom. The fourth-order valence-corrected chi connectivity index (χ4v) is 2.13. The van der Waals surface area contributed by atoms with Crippen molar-refractivity contribution in [3.63, 3.8) is 0 Å². The first-order valence-electron chi connectivity index (χ1n) is 7.55. The third-order valence-electron chi connectivity index (χ3n) is 3.45. The van der Waals surface area contributed by atoms with Crippen molar-refractivity contribution in [3.05, 3.63) is 65.5 Å². The first kappa shape index (κ1) is 19.9. The molecular formula is C18H22ClFN2O2. The van der Waals surface area contributed by atoms with E-state index in [2.05, 4.69) is 5.32 Å². The molecule has 1 unspecified atom stereocenters. The SMILES string of the molecule is CC(NC(=O)CCN)c1ccc(OCc2ccc(F)cc2)cc1.Cl. The molecule has 0 bridgehead atoms. The maximum atomic E-state index is 12.8. The van der Waals surface area contributed by atoms with Crippen molar-refractivity contribution >= 4 is 18.3 Å². The van der Waals surface area contributed by atoms with E-state index >= 15 is 0 Å². The van der Waals surface area contributed by atoms with Gasteiger partial charge in [0.1, 0.15) is 18.2 Å². The van der Waals surface area contributed by atoms with Gasteiger partial charge in [-0.3, -0.25) is 4.79 Å². The molecule has 6 heteroatoms. The van der Waals surface area contributed by atoms with Crippen molar-refractivity contribution in [2.45, 2.75) is 26.0 Å². The monoisotopic (exact) mass is 352 g/mol. The Kier molecular flexibility index (Phi) is 8.22. The molecular weight excluding hydrogens is 331 g/mol. The minimum absolute atomic E-state index is 0. The van der Waals surface area contributed by atoms with Crippen LogP contribution >= 0.6 is 12.4 Å². The molecule has 0 fully saturated rings. The molecule has 0 radical (unpaired) electrons. The second-order valence-corrected chi connectivity index (χ2v) is 5.31. The number of rotatable bonds is 7. The van der Waals surface area contributed by atoms with E-state index in [9.17, 15) is 9.18 Å². The third kappa shape index (κ3) is 6.18. The van der Waals surface area contributed by atoms with Crippen LogP contribution in [0, 0.1) is 5.82 Å². The third-order valence-corrected chi connectivity index (χ3v) is 3.45. The van der Waals surface area contributed by atoms with Crippen LogP contribution in [0.3, 0.4) is 0 Å². The Morgan fingerprint density at radius 3 is 2.38 bits per heavy atom. The van der Waals surface area contributed by atoms with E-state index in [0.717, 1.165) is 16.9 Å². The average molecular weight is 353 g/mol. The highest BCUT2D eigenvalue weighted by molar-refractivity contribution is 5.85. The standard InChI is InChI=1S/C18H21FN2O2.ClH/c1-13(21-18(22)10-11-20)15-4-8-17(9-5-15)23-12-14-2-6-16(19)7-3-14;/h2-9,13H,10-12,20H2,1H3,(H,21,22);1H. The molecule has 0 aliphatic heterocycles. The van der Waals surface area contributed by atoms with Gasteiger partial charge in [-0.15, -0.1) is 12.4 Å². The number of carbonyl (C=O) groups excluding carboxylic acids is 1. The highest BCUT2D eigenvalue weighted by Gasteiger charge is 2.09. The predicted molar refractivity (Wildman–Crippen MR) is 94.7 cm³/mol. The molecule has 0 aromatic heterocycles. The maximum absolute atomic E-state index is 12.8. The van der Waals surface area contributed by atoms with E-state index < -0.39 is 0 Å². The topological polar surface area (TPSA) is 64.4 Å². The average Bonchev–Trinajstić information content (AvgIpc) is 2.55. The molecule has 0 aliphatic rings. The van der Waals surface area contributed by atoms with Crippen LogP contribution in [0.15, 0.2) is 48.5 Å². The molecule has 24 heavy (non-hydrogen) atoms. The van der Waals surface area contributed by atoms with Crippen LogP contribution in [-0.2, 0) is 11.4 Å². The second kappa shape index (κ2) is 9.90. The summed E-state index contributed by atoms with van der Waals surface area (Å²) < 4.78 is 18.5. The van der Waals surface area contributed by atoms with Gasteiger partial charge in [0, 0.05) is 13.0 Å². The van der Waals surface area contributed by atoms with Crippen molar-refractivity contribution in [1.29, 1.82) is 0 Å². The number of halogens is 2. The summed E-state index contributed by atoms with van der Waals surface area (Å²) in [6.07, 6.45) is 0.323. The number of ether oxygens (including phenoxy) is 1. The smallest absolute Gasteiger partial charge is 0.221 e. The van der Waals surface area contributed by atoms with Gasteiger partial charge in [0.25, 0.3) is 0 Å². The summed E-state index contributed by atoms with van der Waals surface area (Å²) in [5.41, 5.74) is 7.25. The summed E-state index contributed by atoms with van der Waals surface area (Å²) in [6.45, 7) is 2.64. The van der Waals surface area contributed by atoms with Gasteiger partial charge in [0.05, 0.1) is 6.04 Å². The number of hydrogen-bond acceptors (Lipinski definition) is 3. The maximum Gasteiger partial charge on any atom is 0.221 e. The zero-order valence-corrected chi connectivity index (χ0v) is 14.3. The number of nitrogens with one attached hydrogen (secondary N) is 1. The van der Waals surface area contributed by atoms with Crippen molar-refractivity contribution in [1.82, 2.24) is 5.32 Å². The minimum Gasteiger partial charge on any atom is -0.489 e. The van der Waals surface area contributed by atoms with E-state index in [1.807, 2.05) is 31.2 Å². The molecule has 2 aromatic rings. The van der Waals surface area contributed by atoms with Crippen molar-refractivity contribution < 1.29 is 13.9 Å². The molecule has 0 heterocycles. The lowest BCUT2D eigenvalue weighted by molar-refractivity contribution is -0.121. The van der Waals surface area contributed by atoms with Gasteiger partial charge in [0.15, 0.2) is 0 Å². The summed E-state index contributed by atoms with van der Waals surface area (Å²) >= 11 is 0. The zero-order chi connectivity index (χ0) is 16.7. The highest BCUT2D eigenvalue weighted by Crippen LogP contribution is 2.18. The van der Waals surface area contributed by atoms with Gasteiger partial charge in [-0.05, 0) is 42.3 Å². The van der Waals surface area contributed by atoms with Gasteiger partial charge in [-0.25, -0.2) is 4.39 Å². The molecule has 0 aliphatic carbocycles. The molecule has 0 saturated heterocycles. The number of amides is 1. The fraction of sp³-hybridized carbons (Fsp3) is 0.278. The van der Waals surface area contributed by atoms with Crippen LogP contribution in [0.25, 0.3) is 0 Å². The summed E-state index contributed by atoms with van der Waals surface area (Å²) in [6, 6.07) is 13.6. The molecule has 4 nitrogen and oxygen atoms in total. The molecule has 130 valence electrons. The number of nitrogens with two attached hydrogens (primary N) is 1. The minimum atomic E-state index is -0.260. The van der Waals surface area contributed by atoms with Gasteiger partial charge in [-0.1, -0.05) is 24.3 Å². The molecule has 2 rings (SSSR count). The Hall–Kier alpha value is -2.11. The van der Waals surface area contributed by atoms with Crippen molar-refractivity contribution in [2.24, 2.45) is 5.73 Å². The second-order valence-electron chi connectivity index (χ2n) is 5.31. The number of hydrogen-bond donors (Lipinski definition) is 2. The Labute approximate surface area is 147 Å². The van der Waals surface area contributed by atoms with E-state index in [4.69, 9.17) is 10.5 Å². The summed E-state index contributed by atoms with van der Waals surface area (Å²) in [5.74, 6) is 0.402. The lowest BCUT2D eigenvalue weighted by atomic mass is 10.1. The van der Waals surface area contributed by atoms with E-state index in [-0.39, 0.29) is 30.2 Å². The van der Waals surface area contributed by atoms with Gasteiger partial charge >= 0.3 is 0 Å². The lowest BCUT2D eigenvalue weighted by Crippen LogP contribution is -2.28. The Balaban J connectivity index is 0.00000288. The molecule has 0 saturated carbocycles. The van der Waals surface area contributed by atoms with Gasteiger partial charge in [0.2, 0.25) is 5.91 Å².